The molecule has 2 saturated carbocycles. The number of hydrogen-bond donors (Lipinski definition) is 0. The zero-order chi connectivity index (χ0) is 47.9. The maximum Gasteiger partial charge on any atom is 0.389 e. The number of ether oxygens (including phenoxy) is 4. The second kappa shape index (κ2) is 19.9. The lowest BCUT2D eigenvalue weighted by molar-refractivity contribution is -0.318. The Bertz CT molecular complexity index is 1460. The molecule has 0 N–H and O–H groups in total. The quantitative estimate of drug-likeness (QED) is 0.0807. The summed E-state index contributed by atoms with van der Waals surface area (Å²) < 4.78 is 203. The van der Waals surface area contributed by atoms with Gasteiger partial charge in [0.15, 0.2) is 25.5 Å². The van der Waals surface area contributed by atoms with Gasteiger partial charge in [-0.1, -0.05) is 41.5 Å². The van der Waals surface area contributed by atoms with Crippen molar-refractivity contribution in [1.29, 1.82) is 0 Å². The van der Waals surface area contributed by atoms with E-state index in [4.69, 9.17) is 4.74 Å². The maximum absolute atomic E-state index is 14.3. The minimum Gasteiger partial charge on any atom is -0.459 e. The van der Waals surface area contributed by atoms with Gasteiger partial charge in [-0.2, -0.15) is 39.5 Å². The number of fused-ring (bicyclic) bond motifs is 2. The van der Waals surface area contributed by atoms with Gasteiger partial charge in [-0.3, -0.25) is 14.4 Å². The molecule has 354 valence electrons. The Kier molecular flexibility index (Phi) is 18.9. The molecule has 0 aliphatic heterocycles. The van der Waals surface area contributed by atoms with Crippen LogP contribution in [0.2, 0.25) is 0 Å². The Labute approximate surface area is 340 Å². The number of hydrogen-bond acceptors (Lipinski definition) is 8. The van der Waals surface area contributed by atoms with Crippen molar-refractivity contribution in [3.05, 3.63) is 0 Å². The first-order valence-corrected chi connectivity index (χ1v) is 19.1. The third-order valence-electron chi connectivity index (χ3n) is 10.9. The Balaban J connectivity index is 0.000000882. The molecule has 2 bridgehead atoms. The van der Waals surface area contributed by atoms with Crippen molar-refractivity contribution in [3.8, 4) is 0 Å². The lowest BCUT2D eigenvalue weighted by Crippen LogP contribution is -2.68. The van der Waals surface area contributed by atoms with Gasteiger partial charge in [0.1, 0.15) is 5.60 Å². The monoisotopic (exact) mass is 906 g/mol. The van der Waals surface area contributed by atoms with E-state index in [0.29, 0.717) is 32.6 Å². The molecule has 0 aromatic heterocycles. The van der Waals surface area contributed by atoms with Crippen LogP contribution in [0.5, 0.6) is 0 Å². The van der Waals surface area contributed by atoms with E-state index in [9.17, 15) is 80.6 Å². The highest BCUT2D eigenvalue weighted by Gasteiger charge is 3.08. The van der Waals surface area contributed by atoms with Gasteiger partial charge in [0.2, 0.25) is 0 Å². The summed E-state index contributed by atoms with van der Waals surface area (Å²) in [6.45, 7) is 15.8. The summed E-state index contributed by atoms with van der Waals surface area (Å²) in [7, 11) is 0. The molecule has 2 rings (SSSR count). The minimum atomic E-state index is -6.32. The fourth-order valence-electron chi connectivity index (χ4n) is 5.38. The molecule has 0 heterocycles. The molecule has 2 aliphatic rings. The average Bonchev–Trinajstić information content (AvgIpc) is 3.30. The second-order valence-electron chi connectivity index (χ2n) is 16.2. The van der Waals surface area contributed by atoms with E-state index < -0.39 is 113 Å². The van der Waals surface area contributed by atoms with Crippen LogP contribution in [-0.4, -0.2) is 96.2 Å². The molecular formula is C38H56F14O8. The third-order valence-corrected chi connectivity index (χ3v) is 10.9. The van der Waals surface area contributed by atoms with Gasteiger partial charge < -0.3 is 18.9 Å². The van der Waals surface area contributed by atoms with E-state index in [0.717, 1.165) is 6.92 Å². The van der Waals surface area contributed by atoms with Crippen LogP contribution in [0, 0.1) is 16.7 Å². The SMILES string of the molecule is CCC(C)(C)C(=O)OCC(=O)OCC(C)(F)F.CCC(C)C(=O)OC1C(F)C2(F)C(F)(F)C(F)(F)C1(F)C2(F)F.CCC(CC)(CCCC(F)(F)F)OC(=O)C(C)(C)CC. The molecule has 60 heavy (non-hydrogen) atoms. The Morgan fingerprint density at radius 1 is 0.633 bits per heavy atom. The van der Waals surface area contributed by atoms with Crippen molar-refractivity contribution in [2.45, 2.75) is 187 Å². The van der Waals surface area contributed by atoms with Crippen molar-refractivity contribution in [1.82, 2.24) is 0 Å². The summed E-state index contributed by atoms with van der Waals surface area (Å²) in [5.41, 5.74) is -13.6. The lowest BCUT2D eigenvalue weighted by atomic mass is 9.85. The number of rotatable bonds is 17. The average molecular weight is 907 g/mol. The number of esters is 4. The van der Waals surface area contributed by atoms with Gasteiger partial charge in [0.25, 0.3) is 17.3 Å². The topological polar surface area (TPSA) is 105 Å². The number of carbonyl (C=O) groups is 4. The molecule has 0 radical (unpaired) electrons. The van der Waals surface area contributed by atoms with Gasteiger partial charge in [0.05, 0.1) is 16.7 Å². The van der Waals surface area contributed by atoms with E-state index in [2.05, 4.69) is 14.2 Å². The molecule has 0 aromatic carbocycles. The van der Waals surface area contributed by atoms with Gasteiger partial charge in [-0.05, 0) is 72.6 Å². The van der Waals surface area contributed by atoms with Crippen LogP contribution in [0.25, 0.3) is 0 Å². The van der Waals surface area contributed by atoms with Crippen LogP contribution in [0.15, 0.2) is 0 Å². The molecule has 5 atom stereocenters. The van der Waals surface area contributed by atoms with Crippen LogP contribution in [0.1, 0.15) is 128 Å². The predicted molar refractivity (Wildman–Crippen MR) is 187 cm³/mol. The molecule has 0 amide bonds. The number of carbonyl (C=O) groups excluding carboxylic acids is 4. The van der Waals surface area contributed by atoms with Crippen LogP contribution < -0.4 is 0 Å². The number of halogens is 14. The first-order valence-electron chi connectivity index (χ1n) is 19.1. The van der Waals surface area contributed by atoms with Gasteiger partial charge in [-0.25, -0.2) is 26.7 Å². The molecule has 0 spiro atoms. The summed E-state index contributed by atoms with van der Waals surface area (Å²) in [6.07, 6.45) is -10.4. The van der Waals surface area contributed by atoms with E-state index >= 15 is 0 Å². The normalized spacial score (nSPS) is 24.8. The minimum absolute atomic E-state index is 0.00892. The van der Waals surface area contributed by atoms with Gasteiger partial charge in [0, 0.05) is 13.3 Å². The fourth-order valence-corrected chi connectivity index (χ4v) is 5.38. The van der Waals surface area contributed by atoms with E-state index in [-0.39, 0.29) is 25.2 Å². The summed E-state index contributed by atoms with van der Waals surface area (Å²) in [5, 5.41) is 0. The fraction of sp³-hybridized carbons (Fsp3) is 0.895. The highest BCUT2D eigenvalue weighted by Crippen LogP contribution is 2.76. The molecule has 0 aromatic rings. The highest BCUT2D eigenvalue weighted by molar-refractivity contribution is 5.79. The summed E-state index contributed by atoms with van der Waals surface area (Å²) in [6, 6.07) is 0. The van der Waals surface area contributed by atoms with Crippen molar-refractivity contribution < 1.29 is 99.6 Å². The first-order chi connectivity index (χ1) is 26.8. The summed E-state index contributed by atoms with van der Waals surface area (Å²) >= 11 is 0. The first kappa shape index (κ1) is 56.9. The predicted octanol–water partition coefficient (Wildman–Crippen LogP) is 11.1. The van der Waals surface area contributed by atoms with Crippen molar-refractivity contribution in [2.24, 2.45) is 16.7 Å². The maximum atomic E-state index is 14.3. The van der Waals surface area contributed by atoms with Crippen LogP contribution in [0.3, 0.4) is 0 Å². The molecule has 22 heteroatoms. The van der Waals surface area contributed by atoms with E-state index in [1.165, 1.54) is 6.92 Å². The summed E-state index contributed by atoms with van der Waals surface area (Å²) in [5.74, 6) is -26.4. The van der Waals surface area contributed by atoms with Crippen LogP contribution >= 0.6 is 0 Å². The molecule has 5 unspecified atom stereocenters. The number of alkyl halides is 14. The van der Waals surface area contributed by atoms with Crippen molar-refractivity contribution in [3.63, 3.8) is 0 Å². The Morgan fingerprint density at radius 3 is 1.47 bits per heavy atom. The Hall–Kier alpha value is -3.10. The molecule has 0 saturated heterocycles. The molecule has 2 fully saturated rings. The van der Waals surface area contributed by atoms with Crippen LogP contribution in [-0.2, 0) is 38.1 Å². The standard InChI is InChI=1S/C15H27F3O2.C12H11F9O2.C11H18F2O4/c1-6-13(4,5)12(19)20-14(7-2,8-3)10-9-11-15(16,17)18;1-3-4(2)7(22)23-6-5(13)8(14)10(16,17)9(6,15)12(20,21)11(8,18)19;1-5-10(2,3)9(15)16-6-8(14)17-7-11(4,12)13/h6-11H2,1-5H3;4-6H,3H2,1-2H3;5-7H2,1-4H3. The zero-order valence-corrected chi connectivity index (χ0v) is 35.4. The summed E-state index contributed by atoms with van der Waals surface area (Å²) in [4.78, 5) is 46.0. The Morgan fingerprint density at radius 2 is 1.08 bits per heavy atom. The second-order valence-corrected chi connectivity index (χ2v) is 16.2. The zero-order valence-electron chi connectivity index (χ0n) is 35.4. The van der Waals surface area contributed by atoms with Crippen molar-refractivity contribution in [2.75, 3.05) is 13.2 Å². The molecule has 2 aliphatic carbocycles. The molecule has 8 nitrogen and oxygen atoms in total. The van der Waals surface area contributed by atoms with E-state index in [1.807, 2.05) is 20.8 Å². The smallest absolute Gasteiger partial charge is 0.389 e. The lowest BCUT2D eigenvalue weighted by Gasteiger charge is -2.39. The third kappa shape index (κ3) is 11.9. The highest BCUT2D eigenvalue weighted by atomic mass is 19.4. The van der Waals surface area contributed by atoms with Gasteiger partial charge >= 0.3 is 47.8 Å². The largest absolute Gasteiger partial charge is 0.459 e. The van der Waals surface area contributed by atoms with Crippen LogP contribution in [0.4, 0.5) is 61.5 Å². The van der Waals surface area contributed by atoms with Crippen molar-refractivity contribution >= 4 is 23.9 Å². The van der Waals surface area contributed by atoms with Gasteiger partial charge in [-0.15, -0.1) is 0 Å². The molecular weight excluding hydrogens is 850 g/mol. The van der Waals surface area contributed by atoms with E-state index in [1.54, 1.807) is 34.6 Å².